The lowest BCUT2D eigenvalue weighted by Gasteiger charge is -2.19. The van der Waals surface area contributed by atoms with E-state index in [2.05, 4.69) is 15.9 Å². The molecule has 1 fully saturated rings. The van der Waals surface area contributed by atoms with Crippen LogP contribution in [-0.2, 0) is 16.1 Å². The molecule has 1 saturated carbocycles. The number of rotatable bonds is 3. The van der Waals surface area contributed by atoms with Gasteiger partial charge in [-0.15, -0.1) is 0 Å². The molecule has 0 saturated heterocycles. The maximum atomic E-state index is 12.1. The van der Waals surface area contributed by atoms with Gasteiger partial charge in [0.1, 0.15) is 6.61 Å². The molecule has 0 amide bonds. The second kappa shape index (κ2) is 7.06. The summed E-state index contributed by atoms with van der Waals surface area (Å²) in [6.45, 7) is 0.321. The highest BCUT2D eigenvalue weighted by Crippen LogP contribution is 2.23. The number of benzene rings is 1. The van der Waals surface area contributed by atoms with Gasteiger partial charge in [-0.25, -0.2) is 0 Å². The van der Waals surface area contributed by atoms with E-state index in [9.17, 15) is 4.79 Å². The molecule has 2 rings (SSSR count). The number of carbonyl (C=O) groups is 1. The summed E-state index contributed by atoms with van der Waals surface area (Å²) in [7, 11) is 0. The molecule has 2 atom stereocenters. The highest BCUT2D eigenvalue weighted by molar-refractivity contribution is 9.10. The summed E-state index contributed by atoms with van der Waals surface area (Å²) >= 11 is 3.41. The zero-order chi connectivity index (χ0) is 13.7. The zero-order valence-corrected chi connectivity index (χ0v) is 12.6. The Morgan fingerprint density at radius 2 is 2.11 bits per heavy atom. The van der Waals surface area contributed by atoms with Gasteiger partial charge in [-0.05, 0) is 30.5 Å². The zero-order valence-electron chi connectivity index (χ0n) is 11.0. The number of carbonyl (C=O) groups excluding carboxylic acids is 1. The molecule has 2 N–H and O–H groups in total. The van der Waals surface area contributed by atoms with Crippen LogP contribution in [0.4, 0.5) is 0 Å². The van der Waals surface area contributed by atoms with Crippen LogP contribution in [0.25, 0.3) is 0 Å². The van der Waals surface area contributed by atoms with E-state index in [1.165, 1.54) is 6.42 Å². The van der Waals surface area contributed by atoms with E-state index in [1.807, 2.05) is 24.3 Å². The normalized spacial score (nSPS) is 23.7. The van der Waals surface area contributed by atoms with Crippen LogP contribution in [0.5, 0.6) is 0 Å². The molecule has 0 spiro atoms. The molecule has 0 radical (unpaired) electrons. The molecule has 1 aliphatic carbocycles. The fourth-order valence-corrected chi connectivity index (χ4v) is 2.96. The first-order valence-electron chi connectivity index (χ1n) is 6.83. The van der Waals surface area contributed by atoms with Crippen LogP contribution >= 0.6 is 15.9 Å². The third-order valence-electron chi connectivity index (χ3n) is 3.64. The maximum Gasteiger partial charge on any atom is 0.310 e. The lowest BCUT2D eigenvalue weighted by atomic mass is 9.96. The van der Waals surface area contributed by atoms with Gasteiger partial charge >= 0.3 is 5.97 Å². The van der Waals surface area contributed by atoms with Gasteiger partial charge in [0.15, 0.2) is 0 Å². The van der Waals surface area contributed by atoms with Gasteiger partial charge in [0.2, 0.25) is 0 Å². The monoisotopic (exact) mass is 325 g/mol. The first-order chi connectivity index (χ1) is 9.16. The van der Waals surface area contributed by atoms with Gasteiger partial charge in [0.25, 0.3) is 0 Å². The quantitative estimate of drug-likeness (QED) is 0.684. The van der Waals surface area contributed by atoms with Gasteiger partial charge in [0.05, 0.1) is 5.92 Å². The Balaban J connectivity index is 1.89. The van der Waals surface area contributed by atoms with Crippen molar-refractivity contribution in [2.75, 3.05) is 0 Å². The third kappa shape index (κ3) is 4.32. The molecule has 19 heavy (non-hydrogen) atoms. The van der Waals surface area contributed by atoms with E-state index in [1.54, 1.807) is 0 Å². The first-order valence-corrected chi connectivity index (χ1v) is 7.63. The van der Waals surface area contributed by atoms with Crippen LogP contribution in [0.3, 0.4) is 0 Å². The van der Waals surface area contributed by atoms with Crippen molar-refractivity contribution in [3.63, 3.8) is 0 Å². The van der Waals surface area contributed by atoms with Gasteiger partial charge < -0.3 is 10.5 Å². The molecule has 3 nitrogen and oxygen atoms in total. The van der Waals surface area contributed by atoms with E-state index >= 15 is 0 Å². The van der Waals surface area contributed by atoms with Gasteiger partial charge in [0, 0.05) is 10.5 Å². The summed E-state index contributed by atoms with van der Waals surface area (Å²) < 4.78 is 6.40. The molecule has 104 valence electrons. The van der Waals surface area contributed by atoms with Crippen LogP contribution < -0.4 is 5.73 Å². The summed E-state index contributed by atoms with van der Waals surface area (Å²) in [5.74, 6) is -0.274. The first kappa shape index (κ1) is 14.5. The number of hydrogen-bond acceptors (Lipinski definition) is 3. The molecule has 4 heteroatoms. The Labute approximate surface area is 122 Å². The number of esters is 1. The van der Waals surface area contributed by atoms with E-state index in [4.69, 9.17) is 10.5 Å². The fourth-order valence-electron chi connectivity index (χ4n) is 2.52. The molecule has 1 aromatic rings. The second-order valence-electron chi connectivity index (χ2n) is 5.15. The van der Waals surface area contributed by atoms with E-state index in [0.29, 0.717) is 6.61 Å². The van der Waals surface area contributed by atoms with E-state index in [-0.39, 0.29) is 17.9 Å². The molecule has 2 unspecified atom stereocenters. The van der Waals surface area contributed by atoms with Crippen molar-refractivity contribution in [3.8, 4) is 0 Å². The Morgan fingerprint density at radius 3 is 2.89 bits per heavy atom. The molecule has 0 bridgehead atoms. The van der Waals surface area contributed by atoms with E-state index in [0.717, 1.165) is 35.7 Å². The molecular formula is C15H20BrNO2. The minimum Gasteiger partial charge on any atom is -0.461 e. The summed E-state index contributed by atoms with van der Waals surface area (Å²) in [6, 6.07) is 7.75. The number of ether oxygens (including phenoxy) is 1. The number of nitrogens with two attached hydrogens (primary N) is 1. The fraction of sp³-hybridized carbons (Fsp3) is 0.533. The molecule has 0 heterocycles. The third-order valence-corrected chi connectivity index (χ3v) is 4.14. The van der Waals surface area contributed by atoms with Crippen LogP contribution in [-0.4, -0.2) is 12.0 Å². The minimum atomic E-state index is -0.144. The van der Waals surface area contributed by atoms with Crippen molar-refractivity contribution in [3.05, 3.63) is 34.3 Å². The molecule has 0 aromatic heterocycles. The van der Waals surface area contributed by atoms with Crippen molar-refractivity contribution in [1.82, 2.24) is 0 Å². The molecular weight excluding hydrogens is 306 g/mol. The average molecular weight is 326 g/mol. The van der Waals surface area contributed by atoms with Gasteiger partial charge in [-0.1, -0.05) is 47.3 Å². The van der Waals surface area contributed by atoms with Crippen molar-refractivity contribution >= 4 is 21.9 Å². The SMILES string of the molecule is NC1CCCCCC1C(=O)OCc1cccc(Br)c1. The minimum absolute atomic E-state index is 0.0440. The van der Waals surface area contributed by atoms with Gasteiger partial charge in [-0.2, -0.15) is 0 Å². The Kier molecular flexibility index (Phi) is 5.40. The summed E-state index contributed by atoms with van der Waals surface area (Å²) in [4.78, 5) is 12.1. The van der Waals surface area contributed by atoms with E-state index < -0.39 is 0 Å². The van der Waals surface area contributed by atoms with Crippen LogP contribution in [0, 0.1) is 5.92 Å². The van der Waals surface area contributed by atoms with Crippen LogP contribution in [0.1, 0.15) is 37.7 Å². The van der Waals surface area contributed by atoms with Crippen molar-refractivity contribution in [1.29, 1.82) is 0 Å². The Morgan fingerprint density at radius 1 is 1.32 bits per heavy atom. The lowest BCUT2D eigenvalue weighted by Crippen LogP contribution is -2.35. The second-order valence-corrected chi connectivity index (χ2v) is 6.06. The van der Waals surface area contributed by atoms with Crippen LogP contribution in [0.2, 0.25) is 0 Å². The highest BCUT2D eigenvalue weighted by atomic mass is 79.9. The largest absolute Gasteiger partial charge is 0.461 e. The number of halogens is 1. The standard InChI is InChI=1S/C15H20BrNO2/c16-12-6-4-5-11(9-12)10-19-15(18)13-7-2-1-3-8-14(13)17/h4-6,9,13-14H,1-3,7-8,10,17H2. The van der Waals surface area contributed by atoms with Crippen molar-refractivity contribution in [2.24, 2.45) is 11.7 Å². The summed E-state index contributed by atoms with van der Waals surface area (Å²) in [6.07, 6.45) is 5.15. The van der Waals surface area contributed by atoms with Gasteiger partial charge in [-0.3, -0.25) is 4.79 Å². The summed E-state index contributed by atoms with van der Waals surface area (Å²) in [5.41, 5.74) is 7.06. The summed E-state index contributed by atoms with van der Waals surface area (Å²) in [5, 5.41) is 0. The Bertz CT molecular complexity index is 436. The predicted octanol–water partition coefficient (Wildman–Crippen LogP) is 3.40. The average Bonchev–Trinajstić information content (AvgIpc) is 2.61. The van der Waals surface area contributed by atoms with Crippen molar-refractivity contribution in [2.45, 2.75) is 44.8 Å². The molecule has 1 aliphatic rings. The van der Waals surface area contributed by atoms with Crippen LogP contribution in [0.15, 0.2) is 28.7 Å². The lowest BCUT2D eigenvalue weighted by molar-refractivity contribution is -0.150. The topological polar surface area (TPSA) is 52.3 Å². The smallest absolute Gasteiger partial charge is 0.310 e. The maximum absolute atomic E-state index is 12.1. The Hall–Kier alpha value is -0.870. The molecule has 1 aromatic carbocycles. The number of hydrogen-bond donors (Lipinski definition) is 1. The highest BCUT2D eigenvalue weighted by Gasteiger charge is 2.28. The molecule has 0 aliphatic heterocycles. The predicted molar refractivity (Wildman–Crippen MR) is 78.5 cm³/mol. The van der Waals surface area contributed by atoms with Crippen molar-refractivity contribution < 1.29 is 9.53 Å².